The summed E-state index contributed by atoms with van der Waals surface area (Å²) in [6, 6.07) is 15.7. The van der Waals surface area contributed by atoms with E-state index in [4.69, 9.17) is 0 Å². The topological polar surface area (TPSA) is 101 Å². The lowest BCUT2D eigenvalue weighted by Gasteiger charge is -2.29. The number of hydrogen-bond donors (Lipinski definition) is 0. The number of aryl methyl sites for hydroxylation is 1. The van der Waals surface area contributed by atoms with Crippen molar-refractivity contribution in [2.75, 3.05) is 6.54 Å². The molecular formula is C24H27N3O5S2. The van der Waals surface area contributed by atoms with Gasteiger partial charge in [-0.2, -0.15) is 4.31 Å². The molecule has 0 radical (unpaired) electrons. The highest BCUT2D eigenvalue weighted by Crippen LogP contribution is 2.23. The highest BCUT2D eigenvalue weighted by Gasteiger charge is 2.31. The van der Waals surface area contributed by atoms with Gasteiger partial charge in [0.25, 0.3) is 5.69 Å². The molecule has 0 atom stereocenters. The maximum absolute atomic E-state index is 13.5. The molecule has 8 nitrogen and oxygen atoms in total. The molecule has 0 bridgehead atoms. The van der Waals surface area contributed by atoms with Crippen molar-refractivity contribution in [3.8, 4) is 0 Å². The number of nitrogens with zero attached hydrogens (tertiary/aromatic N) is 3. The lowest BCUT2D eigenvalue weighted by molar-refractivity contribution is -0.384. The summed E-state index contributed by atoms with van der Waals surface area (Å²) in [5.74, 6) is -0.323. The average Bonchev–Trinajstić information content (AvgIpc) is 3.21. The normalized spacial score (nSPS) is 11.7. The number of hydrogen-bond acceptors (Lipinski definition) is 6. The van der Waals surface area contributed by atoms with E-state index in [1.807, 2.05) is 48.7 Å². The van der Waals surface area contributed by atoms with Crippen molar-refractivity contribution in [1.82, 2.24) is 9.21 Å². The van der Waals surface area contributed by atoms with Crippen LogP contribution in [-0.2, 0) is 27.9 Å². The van der Waals surface area contributed by atoms with E-state index in [1.165, 1.54) is 12.1 Å². The molecule has 34 heavy (non-hydrogen) atoms. The van der Waals surface area contributed by atoms with Crippen LogP contribution in [0.3, 0.4) is 0 Å². The van der Waals surface area contributed by atoms with E-state index in [0.29, 0.717) is 13.1 Å². The Morgan fingerprint density at radius 2 is 1.68 bits per heavy atom. The predicted molar refractivity (Wildman–Crippen MR) is 132 cm³/mol. The maximum Gasteiger partial charge on any atom is 0.269 e. The second-order valence-corrected chi connectivity index (χ2v) is 11.0. The van der Waals surface area contributed by atoms with E-state index in [0.717, 1.165) is 32.4 Å². The van der Waals surface area contributed by atoms with Crippen LogP contribution in [0.5, 0.6) is 0 Å². The molecule has 0 saturated heterocycles. The molecule has 1 heterocycles. The number of thiophene rings is 1. The van der Waals surface area contributed by atoms with Crippen LogP contribution >= 0.6 is 11.3 Å². The molecule has 0 fully saturated rings. The van der Waals surface area contributed by atoms with Gasteiger partial charge in [0.1, 0.15) is 0 Å². The summed E-state index contributed by atoms with van der Waals surface area (Å²) in [5.41, 5.74) is 1.82. The minimum atomic E-state index is -4.05. The molecule has 0 aliphatic carbocycles. The molecule has 3 aromatic rings. The predicted octanol–water partition coefficient (Wildman–Crippen LogP) is 4.59. The Morgan fingerprint density at radius 3 is 2.21 bits per heavy atom. The molecule has 0 aliphatic rings. The maximum atomic E-state index is 13.5. The van der Waals surface area contributed by atoms with E-state index in [2.05, 4.69) is 0 Å². The number of nitro benzene ring substituents is 1. The molecule has 0 spiro atoms. The lowest BCUT2D eigenvalue weighted by atomic mass is 10.2. The summed E-state index contributed by atoms with van der Waals surface area (Å²) in [6.07, 6.45) is 0. The van der Waals surface area contributed by atoms with Crippen molar-refractivity contribution in [2.24, 2.45) is 0 Å². The first kappa shape index (κ1) is 25.5. The average molecular weight is 502 g/mol. The molecule has 1 amide bonds. The fraction of sp³-hybridized carbons (Fsp3) is 0.292. The third-order valence-corrected chi connectivity index (χ3v) is 8.44. The van der Waals surface area contributed by atoms with E-state index >= 15 is 0 Å². The number of nitro groups is 1. The summed E-state index contributed by atoms with van der Waals surface area (Å²) in [5, 5.41) is 12.9. The largest absolute Gasteiger partial charge is 0.332 e. The summed E-state index contributed by atoms with van der Waals surface area (Å²) in [6.45, 7) is 5.76. The molecule has 3 rings (SSSR count). The number of carbonyl (C=O) groups excluding carboxylic acids is 1. The summed E-state index contributed by atoms with van der Waals surface area (Å²) in [4.78, 5) is 26.4. The number of non-ortho nitro benzene ring substituents is 1. The van der Waals surface area contributed by atoms with Crippen LogP contribution in [0, 0.1) is 17.0 Å². The van der Waals surface area contributed by atoms with Gasteiger partial charge in [-0.25, -0.2) is 8.42 Å². The van der Waals surface area contributed by atoms with Gasteiger partial charge < -0.3 is 4.90 Å². The SMILES string of the molecule is Cc1ccsc1CN(Cc1ccccc1)C(=O)CN(C(C)C)S(=O)(=O)c1ccc([N+](=O)[O-])cc1. The molecule has 10 heteroatoms. The van der Waals surface area contributed by atoms with Crippen molar-refractivity contribution in [3.63, 3.8) is 0 Å². The van der Waals surface area contributed by atoms with Crippen molar-refractivity contribution < 1.29 is 18.1 Å². The summed E-state index contributed by atoms with van der Waals surface area (Å²) < 4.78 is 27.8. The van der Waals surface area contributed by atoms with E-state index in [1.54, 1.807) is 30.1 Å². The van der Waals surface area contributed by atoms with Crippen LogP contribution in [0.2, 0.25) is 0 Å². The zero-order valence-corrected chi connectivity index (χ0v) is 20.9. The molecule has 0 saturated carbocycles. The fourth-order valence-corrected chi connectivity index (χ4v) is 5.94. The van der Waals surface area contributed by atoms with Gasteiger partial charge in [0.15, 0.2) is 0 Å². The zero-order valence-electron chi connectivity index (χ0n) is 19.2. The van der Waals surface area contributed by atoms with Crippen molar-refractivity contribution in [2.45, 2.75) is 44.8 Å². The molecule has 0 N–H and O–H groups in total. The highest BCUT2D eigenvalue weighted by molar-refractivity contribution is 7.89. The van der Waals surface area contributed by atoms with E-state index in [-0.39, 0.29) is 23.0 Å². The third kappa shape index (κ3) is 6.07. The van der Waals surface area contributed by atoms with Gasteiger partial charge >= 0.3 is 0 Å². The minimum absolute atomic E-state index is 0.0942. The Hall–Kier alpha value is -3.08. The van der Waals surface area contributed by atoms with Crippen LogP contribution in [0.25, 0.3) is 0 Å². The van der Waals surface area contributed by atoms with E-state index < -0.39 is 21.0 Å². The Balaban J connectivity index is 1.88. The molecular weight excluding hydrogens is 474 g/mol. The second kappa shape index (κ2) is 10.9. The number of sulfonamides is 1. The van der Waals surface area contributed by atoms with Crippen LogP contribution in [0.15, 0.2) is 70.9 Å². The molecule has 2 aromatic carbocycles. The molecule has 0 aliphatic heterocycles. The number of carbonyl (C=O) groups is 1. The Kier molecular flexibility index (Phi) is 8.19. The van der Waals surface area contributed by atoms with Crippen LogP contribution in [0.4, 0.5) is 5.69 Å². The molecule has 180 valence electrons. The van der Waals surface area contributed by atoms with Crippen LogP contribution in [-0.4, -0.2) is 41.0 Å². The molecule has 0 unspecified atom stereocenters. The van der Waals surface area contributed by atoms with Crippen LogP contribution in [0.1, 0.15) is 29.9 Å². The van der Waals surface area contributed by atoms with Gasteiger partial charge in [-0.05, 0) is 55.5 Å². The van der Waals surface area contributed by atoms with Gasteiger partial charge in [-0.3, -0.25) is 14.9 Å². The quantitative estimate of drug-likeness (QED) is 0.299. The van der Waals surface area contributed by atoms with Gasteiger partial charge in [0.2, 0.25) is 15.9 Å². The summed E-state index contributed by atoms with van der Waals surface area (Å²) in [7, 11) is -4.05. The monoisotopic (exact) mass is 501 g/mol. The van der Waals surface area contributed by atoms with Gasteiger partial charge in [-0.1, -0.05) is 30.3 Å². The van der Waals surface area contributed by atoms with Crippen molar-refractivity contribution in [1.29, 1.82) is 0 Å². The van der Waals surface area contributed by atoms with Crippen molar-refractivity contribution in [3.05, 3.63) is 92.2 Å². The summed E-state index contributed by atoms with van der Waals surface area (Å²) >= 11 is 1.56. The third-order valence-electron chi connectivity index (χ3n) is 5.39. The zero-order chi connectivity index (χ0) is 24.9. The van der Waals surface area contributed by atoms with Gasteiger partial charge in [0, 0.05) is 29.6 Å². The Labute approximate surface area is 203 Å². The minimum Gasteiger partial charge on any atom is -0.332 e. The first-order valence-electron chi connectivity index (χ1n) is 10.7. The lowest BCUT2D eigenvalue weighted by Crippen LogP contribution is -2.45. The van der Waals surface area contributed by atoms with Crippen molar-refractivity contribution >= 4 is 33.0 Å². The second-order valence-electron chi connectivity index (χ2n) is 8.16. The smallest absolute Gasteiger partial charge is 0.269 e. The van der Waals surface area contributed by atoms with Gasteiger partial charge in [-0.15, -0.1) is 11.3 Å². The van der Waals surface area contributed by atoms with Crippen LogP contribution < -0.4 is 0 Å². The number of benzene rings is 2. The number of amides is 1. The standard InChI is InChI=1S/C24H27N3O5S2/c1-18(2)26(34(31,32)22-11-9-21(10-12-22)27(29)30)17-24(28)25(15-20-7-5-4-6-8-20)16-23-19(3)13-14-33-23/h4-14,18H,15-17H2,1-3H3. The van der Waals surface area contributed by atoms with E-state index in [9.17, 15) is 23.3 Å². The highest BCUT2D eigenvalue weighted by atomic mass is 32.2. The molecule has 1 aromatic heterocycles. The van der Waals surface area contributed by atoms with Gasteiger partial charge in [0.05, 0.1) is 22.9 Å². The first-order valence-corrected chi connectivity index (χ1v) is 13.0. The fourth-order valence-electron chi connectivity index (χ4n) is 3.43. The number of rotatable bonds is 10. The first-order chi connectivity index (χ1) is 16.1. The Morgan fingerprint density at radius 1 is 1.03 bits per heavy atom. The Bertz CT molecular complexity index is 1240.